The van der Waals surface area contributed by atoms with Crippen LogP contribution in [0.2, 0.25) is 0 Å². The van der Waals surface area contributed by atoms with E-state index in [4.69, 9.17) is 0 Å². The van der Waals surface area contributed by atoms with Crippen LogP contribution in [0.1, 0.15) is 17.2 Å². The number of rotatable bonds is 5. The summed E-state index contributed by atoms with van der Waals surface area (Å²) in [4.78, 5) is 8.78. The Bertz CT molecular complexity index is 674. The van der Waals surface area contributed by atoms with Crippen LogP contribution in [-0.4, -0.2) is 24.7 Å². The maximum Gasteiger partial charge on any atom is 0.208 e. The Morgan fingerprint density at radius 1 is 1.25 bits per heavy atom. The fraction of sp³-hybridized carbons (Fsp3) is 0.214. The Balaban J connectivity index is 1.61. The van der Waals surface area contributed by atoms with Crippen LogP contribution in [0, 0.1) is 0 Å². The van der Waals surface area contributed by atoms with Gasteiger partial charge in [0.25, 0.3) is 0 Å². The van der Waals surface area contributed by atoms with Crippen molar-refractivity contribution in [2.45, 2.75) is 17.3 Å². The Labute approximate surface area is 121 Å². The molecule has 3 aromatic rings. The monoisotopic (exact) mass is 285 g/mol. The molecule has 5 nitrogen and oxygen atoms in total. The lowest BCUT2D eigenvalue weighted by Crippen LogP contribution is -1.94. The number of nitrogens with zero attached hydrogens (tertiary/aromatic N) is 4. The summed E-state index contributed by atoms with van der Waals surface area (Å²) >= 11 is 1.59. The highest BCUT2D eigenvalue weighted by atomic mass is 32.2. The van der Waals surface area contributed by atoms with Gasteiger partial charge in [0.1, 0.15) is 11.6 Å². The van der Waals surface area contributed by atoms with E-state index in [0.717, 1.165) is 29.0 Å². The molecule has 3 rings (SSSR count). The number of aryl methyl sites for hydroxylation is 1. The van der Waals surface area contributed by atoms with Crippen LogP contribution in [0.25, 0.3) is 0 Å². The standard InChI is InChI=1S/C14H15N5S/c1-19-8-7-15-13(19)10-20-14-16-12(17-18-14)9-11-5-3-2-4-6-11/h2-8H,9-10H2,1H3,(H,16,17,18). The van der Waals surface area contributed by atoms with Crippen molar-refractivity contribution in [1.82, 2.24) is 24.7 Å². The number of thioether (sulfide) groups is 1. The summed E-state index contributed by atoms with van der Waals surface area (Å²) in [5, 5.41) is 7.98. The number of nitrogens with one attached hydrogen (secondary N) is 1. The first-order chi connectivity index (χ1) is 9.81. The maximum absolute atomic E-state index is 4.49. The van der Waals surface area contributed by atoms with Gasteiger partial charge in [-0.1, -0.05) is 42.1 Å². The normalized spacial score (nSPS) is 10.8. The van der Waals surface area contributed by atoms with Crippen molar-refractivity contribution in [3.05, 3.63) is 59.9 Å². The molecule has 20 heavy (non-hydrogen) atoms. The van der Waals surface area contributed by atoms with E-state index in [1.807, 2.05) is 36.0 Å². The van der Waals surface area contributed by atoms with E-state index in [-0.39, 0.29) is 0 Å². The first-order valence-electron chi connectivity index (χ1n) is 6.35. The molecule has 0 radical (unpaired) electrons. The molecule has 0 fully saturated rings. The predicted molar refractivity (Wildman–Crippen MR) is 78.4 cm³/mol. The minimum atomic E-state index is 0.763. The first-order valence-corrected chi connectivity index (χ1v) is 7.34. The summed E-state index contributed by atoms with van der Waals surface area (Å²) in [6.07, 6.45) is 4.51. The first kappa shape index (κ1) is 12.9. The molecule has 0 atom stereocenters. The minimum absolute atomic E-state index is 0.763. The van der Waals surface area contributed by atoms with Gasteiger partial charge >= 0.3 is 0 Å². The molecule has 1 aromatic carbocycles. The molecule has 2 aromatic heterocycles. The highest BCUT2D eigenvalue weighted by Crippen LogP contribution is 2.18. The minimum Gasteiger partial charge on any atom is -0.337 e. The molecule has 0 amide bonds. The Morgan fingerprint density at radius 3 is 2.85 bits per heavy atom. The summed E-state index contributed by atoms with van der Waals surface area (Å²) in [6, 6.07) is 10.2. The zero-order valence-electron chi connectivity index (χ0n) is 11.2. The summed E-state index contributed by atoms with van der Waals surface area (Å²) in [6.45, 7) is 0. The number of benzene rings is 1. The molecule has 0 unspecified atom stereocenters. The molecule has 0 saturated heterocycles. The largest absolute Gasteiger partial charge is 0.337 e. The van der Waals surface area contributed by atoms with Gasteiger partial charge < -0.3 is 4.57 Å². The SMILES string of the molecule is Cn1ccnc1CSc1n[nH]c(Cc2ccccc2)n1. The molecule has 0 aliphatic carbocycles. The van der Waals surface area contributed by atoms with E-state index in [9.17, 15) is 0 Å². The van der Waals surface area contributed by atoms with Crippen LogP contribution >= 0.6 is 11.8 Å². The number of hydrogen-bond donors (Lipinski definition) is 1. The molecule has 2 heterocycles. The van der Waals surface area contributed by atoms with Gasteiger partial charge in [-0.05, 0) is 5.56 Å². The van der Waals surface area contributed by atoms with E-state index in [2.05, 4.69) is 32.3 Å². The molecule has 102 valence electrons. The number of aromatic amines is 1. The third-order valence-electron chi connectivity index (χ3n) is 2.98. The molecular weight excluding hydrogens is 270 g/mol. The fourth-order valence-electron chi connectivity index (χ4n) is 1.88. The second-order valence-electron chi connectivity index (χ2n) is 4.47. The number of imidazole rings is 1. The van der Waals surface area contributed by atoms with Crippen molar-refractivity contribution in [3.8, 4) is 0 Å². The van der Waals surface area contributed by atoms with E-state index in [0.29, 0.717) is 0 Å². The van der Waals surface area contributed by atoms with Crippen molar-refractivity contribution in [2.75, 3.05) is 0 Å². The number of H-pyrrole nitrogens is 1. The van der Waals surface area contributed by atoms with Crippen molar-refractivity contribution < 1.29 is 0 Å². The molecule has 0 aliphatic heterocycles. The van der Waals surface area contributed by atoms with Crippen molar-refractivity contribution in [3.63, 3.8) is 0 Å². The lowest BCUT2D eigenvalue weighted by atomic mass is 10.1. The van der Waals surface area contributed by atoms with Gasteiger partial charge in [0.15, 0.2) is 0 Å². The lowest BCUT2D eigenvalue weighted by molar-refractivity contribution is 0.847. The molecule has 0 aliphatic rings. The van der Waals surface area contributed by atoms with E-state index in [1.54, 1.807) is 18.0 Å². The fourth-order valence-corrected chi connectivity index (χ4v) is 2.70. The van der Waals surface area contributed by atoms with Gasteiger partial charge in [0.05, 0.1) is 5.75 Å². The van der Waals surface area contributed by atoms with Crippen molar-refractivity contribution >= 4 is 11.8 Å². The van der Waals surface area contributed by atoms with Gasteiger partial charge in [0, 0.05) is 25.9 Å². The Morgan fingerprint density at radius 2 is 2.10 bits per heavy atom. The zero-order chi connectivity index (χ0) is 13.8. The molecule has 0 bridgehead atoms. The van der Waals surface area contributed by atoms with Crippen molar-refractivity contribution in [1.29, 1.82) is 0 Å². The van der Waals surface area contributed by atoms with Crippen LogP contribution in [0.15, 0.2) is 47.9 Å². The van der Waals surface area contributed by atoms with Crippen LogP contribution in [0.3, 0.4) is 0 Å². The van der Waals surface area contributed by atoms with Crippen LogP contribution in [0.5, 0.6) is 0 Å². The molecule has 0 saturated carbocycles. The quantitative estimate of drug-likeness (QED) is 0.731. The van der Waals surface area contributed by atoms with Gasteiger partial charge in [0.2, 0.25) is 5.16 Å². The smallest absolute Gasteiger partial charge is 0.208 e. The number of aromatic nitrogens is 5. The van der Waals surface area contributed by atoms with Gasteiger partial charge in [-0.15, -0.1) is 5.10 Å². The van der Waals surface area contributed by atoms with Crippen LogP contribution < -0.4 is 0 Å². The third kappa shape index (κ3) is 3.08. The molecule has 0 spiro atoms. The Hall–Kier alpha value is -2.08. The second kappa shape index (κ2) is 5.92. The maximum atomic E-state index is 4.49. The highest BCUT2D eigenvalue weighted by molar-refractivity contribution is 7.98. The summed E-state index contributed by atoms with van der Waals surface area (Å²) < 4.78 is 2.00. The van der Waals surface area contributed by atoms with Crippen molar-refractivity contribution in [2.24, 2.45) is 7.05 Å². The van der Waals surface area contributed by atoms with Crippen LogP contribution in [-0.2, 0) is 19.2 Å². The van der Waals surface area contributed by atoms with E-state index >= 15 is 0 Å². The lowest BCUT2D eigenvalue weighted by Gasteiger charge is -1.98. The molecule has 1 N–H and O–H groups in total. The second-order valence-corrected chi connectivity index (χ2v) is 5.41. The summed E-state index contributed by atoms with van der Waals surface area (Å²) in [5.41, 5.74) is 1.23. The third-order valence-corrected chi connectivity index (χ3v) is 3.82. The molecule has 6 heteroatoms. The molecular formula is C14H15N5S. The number of hydrogen-bond acceptors (Lipinski definition) is 4. The average molecular weight is 285 g/mol. The topological polar surface area (TPSA) is 59.4 Å². The summed E-state index contributed by atoms with van der Waals surface area (Å²) in [7, 11) is 1.99. The average Bonchev–Trinajstić information content (AvgIpc) is 3.07. The summed E-state index contributed by atoms with van der Waals surface area (Å²) in [5.74, 6) is 2.68. The highest BCUT2D eigenvalue weighted by Gasteiger charge is 2.07. The van der Waals surface area contributed by atoms with Gasteiger partial charge in [-0.2, -0.15) is 0 Å². The van der Waals surface area contributed by atoms with Gasteiger partial charge in [-0.25, -0.2) is 9.97 Å². The predicted octanol–water partition coefficient (Wildman–Crippen LogP) is 2.42. The zero-order valence-corrected chi connectivity index (χ0v) is 12.0. The van der Waals surface area contributed by atoms with Gasteiger partial charge in [-0.3, -0.25) is 5.10 Å². The van der Waals surface area contributed by atoms with Crippen LogP contribution in [0.4, 0.5) is 0 Å². The van der Waals surface area contributed by atoms with E-state index < -0.39 is 0 Å². The van der Waals surface area contributed by atoms with E-state index in [1.165, 1.54) is 5.56 Å². The Kier molecular flexibility index (Phi) is 3.83.